The number of rotatable bonds is 3. The van der Waals surface area contributed by atoms with Gasteiger partial charge in [0, 0.05) is 46.7 Å². The Bertz CT molecular complexity index is 1340. The van der Waals surface area contributed by atoms with Gasteiger partial charge >= 0.3 is 11.9 Å². The van der Waals surface area contributed by atoms with E-state index in [2.05, 4.69) is 5.32 Å². The Labute approximate surface area is 186 Å². The largest absolute Gasteiger partial charge is 0.508 e. The molecule has 0 radical (unpaired) electrons. The van der Waals surface area contributed by atoms with Crippen LogP contribution in [0, 0.1) is 0 Å². The van der Waals surface area contributed by atoms with Gasteiger partial charge in [0.15, 0.2) is 5.60 Å². The fourth-order valence-corrected chi connectivity index (χ4v) is 4.11. The number of carbonyl (C=O) groups excluding carboxylic acids is 2. The normalized spacial score (nSPS) is 14.7. The van der Waals surface area contributed by atoms with Gasteiger partial charge in [-0.1, -0.05) is 6.07 Å². The van der Waals surface area contributed by atoms with Crippen LogP contribution in [0.3, 0.4) is 0 Å². The number of aliphatic carboxylic acids is 1. The molecule has 9 nitrogen and oxygen atoms in total. The first-order valence-electron chi connectivity index (χ1n) is 9.72. The quantitative estimate of drug-likeness (QED) is 0.356. The van der Waals surface area contributed by atoms with Crippen LogP contribution in [-0.4, -0.2) is 33.2 Å². The van der Waals surface area contributed by atoms with Gasteiger partial charge in [-0.25, -0.2) is 9.59 Å². The number of aromatic hydroxyl groups is 2. The molecule has 164 valence electrons. The van der Waals surface area contributed by atoms with Crippen molar-refractivity contribution in [1.82, 2.24) is 0 Å². The van der Waals surface area contributed by atoms with E-state index >= 15 is 0 Å². The van der Waals surface area contributed by atoms with Crippen molar-refractivity contribution < 1.29 is 39.2 Å². The third kappa shape index (κ3) is 3.14. The summed E-state index contributed by atoms with van der Waals surface area (Å²) < 4.78 is 11.8. The average Bonchev–Trinajstić information content (AvgIpc) is 3.04. The van der Waals surface area contributed by atoms with E-state index in [9.17, 15) is 24.6 Å². The van der Waals surface area contributed by atoms with Crippen molar-refractivity contribution >= 4 is 23.5 Å². The number of phenols is 2. The minimum Gasteiger partial charge on any atom is -0.508 e. The summed E-state index contributed by atoms with van der Waals surface area (Å²) >= 11 is 0. The summed E-state index contributed by atoms with van der Waals surface area (Å²) in [6.07, 6.45) is 1.56. The van der Waals surface area contributed by atoms with Gasteiger partial charge in [-0.05, 0) is 36.4 Å². The molecule has 2 heterocycles. The van der Waals surface area contributed by atoms with Gasteiger partial charge < -0.3 is 30.1 Å². The predicted molar refractivity (Wildman–Crippen MR) is 113 cm³/mol. The first kappa shape index (κ1) is 20.1. The standard InChI is InChI=1S/C24H15NO8/c26-13-2-5-17-19(10-13)32-20-11-14(27)3-6-18(20)24(17)16-4-1-12(9-15(16)23(31)33-24)25-21(28)7-8-22(29)30/h1-11,26-27H,(H,25,28)(H,29,30)/b8-7-. The van der Waals surface area contributed by atoms with Crippen molar-refractivity contribution in [3.8, 4) is 23.0 Å². The highest BCUT2D eigenvalue weighted by Gasteiger charge is 2.53. The third-order valence-electron chi connectivity index (χ3n) is 5.42. The molecule has 5 rings (SSSR count). The van der Waals surface area contributed by atoms with Crippen LogP contribution in [0.15, 0.2) is 66.7 Å². The molecular formula is C24H15NO8. The SMILES string of the molecule is O=C(O)/C=C\C(=O)Nc1ccc2c(c1)C(=O)OC21c2ccc(O)cc2Oc2cc(O)ccc21. The second kappa shape index (κ2) is 7.13. The van der Waals surface area contributed by atoms with Crippen LogP contribution in [0.25, 0.3) is 0 Å². The molecule has 9 heteroatoms. The zero-order valence-corrected chi connectivity index (χ0v) is 16.7. The van der Waals surface area contributed by atoms with Gasteiger partial charge in [-0.3, -0.25) is 4.79 Å². The van der Waals surface area contributed by atoms with Crippen LogP contribution in [0.2, 0.25) is 0 Å². The molecule has 0 bridgehead atoms. The second-order valence-electron chi connectivity index (χ2n) is 7.45. The van der Waals surface area contributed by atoms with Gasteiger partial charge in [0.25, 0.3) is 0 Å². The van der Waals surface area contributed by atoms with Crippen LogP contribution in [0.4, 0.5) is 5.69 Å². The van der Waals surface area contributed by atoms with Gasteiger partial charge in [-0.15, -0.1) is 0 Å². The lowest BCUT2D eigenvalue weighted by atomic mass is 9.77. The summed E-state index contributed by atoms with van der Waals surface area (Å²) in [5.74, 6) is -2.18. The monoisotopic (exact) mass is 445 g/mol. The molecule has 0 saturated heterocycles. The molecule has 0 aliphatic carbocycles. The van der Waals surface area contributed by atoms with Crippen molar-refractivity contribution in [2.75, 3.05) is 5.32 Å². The molecule has 0 fully saturated rings. The highest BCUT2D eigenvalue weighted by Crippen LogP contribution is 2.57. The number of amides is 1. The molecule has 33 heavy (non-hydrogen) atoms. The van der Waals surface area contributed by atoms with E-state index in [1.807, 2.05) is 0 Å². The molecule has 0 saturated carbocycles. The molecule has 0 atom stereocenters. The fraction of sp³-hybridized carbons (Fsp3) is 0.0417. The van der Waals surface area contributed by atoms with Gasteiger partial charge in [0.1, 0.15) is 23.0 Å². The van der Waals surface area contributed by atoms with Crippen LogP contribution in [-0.2, 0) is 19.9 Å². The summed E-state index contributed by atoms with van der Waals surface area (Å²) in [5.41, 5.74) is 0.497. The Kier molecular flexibility index (Phi) is 4.35. The van der Waals surface area contributed by atoms with Gasteiger partial charge in [-0.2, -0.15) is 0 Å². The molecule has 1 spiro atoms. The number of phenolic OH excluding ortho intramolecular Hbond substituents is 2. The van der Waals surface area contributed by atoms with E-state index in [1.165, 1.54) is 30.3 Å². The number of carboxylic acid groups (broad SMARTS) is 1. The third-order valence-corrected chi connectivity index (χ3v) is 5.42. The van der Waals surface area contributed by atoms with E-state index in [0.717, 1.165) is 6.08 Å². The van der Waals surface area contributed by atoms with E-state index in [1.54, 1.807) is 24.3 Å². The molecule has 0 unspecified atom stereocenters. The lowest BCUT2D eigenvalue weighted by Crippen LogP contribution is -2.32. The summed E-state index contributed by atoms with van der Waals surface area (Å²) in [6, 6.07) is 13.5. The van der Waals surface area contributed by atoms with Gasteiger partial charge in [0.05, 0.1) is 5.56 Å². The number of anilines is 1. The number of hydrogen-bond donors (Lipinski definition) is 4. The number of benzene rings is 3. The molecule has 0 aromatic heterocycles. The molecule has 2 aliphatic rings. The summed E-state index contributed by atoms with van der Waals surface area (Å²) in [6.45, 7) is 0. The van der Waals surface area contributed by atoms with E-state index < -0.39 is 23.4 Å². The molecule has 2 aliphatic heterocycles. The Morgan fingerprint density at radius 2 is 1.45 bits per heavy atom. The zero-order chi connectivity index (χ0) is 23.3. The summed E-state index contributed by atoms with van der Waals surface area (Å²) in [7, 11) is 0. The van der Waals surface area contributed by atoms with Crippen molar-refractivity contribution in [3.05, 3.63) is 89.0 Å². The van der Waals surface area contributed by atoms with E-state index in [0.29, 0.717) is 22.8 Å². The molecule has 1 amide bonds. The number of ether oxygens (including phenoxy) is 2. The topological polar surface area (TPSA) is 142 Å². The van der Waals surface area contributed by atoms with Crippen molar-refractivity contribution in [1.29, 1.82) is 0 Å². The minimum absolute atomic E-state index is 0.0514. The summed E-state index contributed by atoms with van der Waals surface area (Å²) in [4.78, 5) is 35.5. The maximum Gasteiger partial charge on any atom is 0.340 e. The lowest BCUT2D eigenvalue weighted by Gasteiger charge is -2.36. The Morgan fingerprint density at radius 3 is 2.06 bits per heavy atom. The summed E-state index contributed by atoms with van der Waals surface area (Å²) in [5, 5.41) is 31.1. The average molecular weight is 445 g/mol. The number of fused-ring (bicyclic) bond motifs is 6. The van der Waals surface area contributed by atoms with E-state index in [-0.39, 0.29) is 34.2 Å². The number of hydrogen-bond acceptors (Lipinski definition) is 7. The van der Waals surface area contributed by atoms with Crippen LogP contribution < -0.4 is 10.1 Å². The molecule has 3 aromatic carbocycles. The fourth-order valence-electron chi connectivity index (χ4n) is 4.11. The predicted octanol–water partition coefficient (Wildman–Crippen LogP) is 3.25. The van der Waals surface area contributed by atoms with E-state index in [4.69, 9.17) is 14.6 Å². The number of carbonyl (C=O) groups is 3. The Hall–Kier alpha value is -4.79. The maximum atomic E-state index is 13.0. The van der Waals surface area contributed by atoms with Crippen molar-refractivity contribution in [3.63, 3.8) is 0 Å². The van der Waals surface area contributed by atoms with Crippen LogP contribution >= 0.6 is 0 Å². The minimum atomic E-state index is -1.40. The molecule has 4 N–H and O–H groups in total. The van der Waals surface area contributed by atoms with Crippen LogP contribution in [0.5, 0.6) is 23.0 Å². The number of esters is 1. The van der Waals surface area contributed by atoms with Crippen molar-refractivity contribution in [2.24, 2.45) is 0 Å². The highest BCUT2D eigenvalue weighted by atomic mass is 16.6. The lowest BCUT2D eigenvalue weighted by molar-refractivity contribution is -0.131. The Balaban J connectivity index is 1.66. The number of nitrogens with one attached hydrogen (secondary N) is 1. The molecular weight excluding hydrogens is 430 g/mol. The highest BCUT2D eigenvalue weighted by molar-refractivity contribution is 6.04. The second-order valence-corrected chi connectivity index (χ2v) is 7.45. The zero-order valence-electron chi connectivity index (χ0n) is 16.7. The first-order valence-corrected chi connectivity index (χ1v) is 9.72. The Morgan fingerprint density at radius 1 is 0.848 bits per heavy atom. The first-order chi connectivity index (χ1) is 15.8. The number of carboxylic acids is 1. The smallest absolute Gasteiger partial charge is 0.340 e. The maximum absolute atomic E-state index is 13.0. The van der Waals surface area contributed by atoms with Crippen molar-refractivity contribution in [2.45, 2.75) is 5.60 Å². The van der Waals surface area contributed by atoms with Crippen LogP contribution in [0.1, 0.15) is 27.0 Å². The molecule has 3 aromatic rings. The van der Waals surface area contributed by atoms with Gasteiger partial charge in [0.2, 0.25) is 5.91 Å².